The first-order chi connectivity index (χ1) is 12.8. The lowest BCUT2D eigenvalue weighted by Crippen LogP contribution is -2.38. The highest BCUT2D eigenvalue weighted by Crippen LogP contribution is 2.32. The van der Waals surface area contributed by atoms with Gasteiger partial charge in [0.15, 0.2) is 5.65 Å². The van der Waals surface area contributed by atoms with Crippen LogP contribution in [-0.2, 0) is 6.54 Å². The Bertz CT molecular complexity index is 1080. The van der Waals surface area contributed by atoms with Crippen LogP contribution < -0.4 is 0 Å². The van der Waals surface area contributed by atoms with E-state index in [2.05, 4.69) is 32.2 Å². The predicted octanol–water partition coefficient (Wildman–Crippen LogP) is 2.24. The van der Waals surface area contributed by atoms with Gasteiger partial charge in [-0.25, -0.2) is 14.5 Å². The number of amides is 1. The third-order valence-corrected chi connectivity index (χ3v) is 4.85. The highest BCUT2D eigenvalue weighted by Gasteiger charge is 2.31. The molecule has 1 amide bonds. The molecule has 7 heteroatoms. The van der Waals surface area contributed by atoms with E-state index in [9.17, 15) is 4.79 Å². The lowest BCUT2D eigenvalue weighted by molar-refractivity contribution is 0.0722. The van der Waals surface area contributed by atoms with E-state index >= 15 is 0 Å². The number of imidazole rings is 1. The molecule has 1 aliphatic heterocycles. The van der Waals surface area contributed by atoms with Crippen molar-refractivity contribution in [2.75, 3.05) is 6.54 Å². The molecule has 0 spiro atoms. The van der Waals surface area contributed by atoms with Crippen molar-refractivity contribution in [3.05, 3.63) is 83.8 Å². The molecule has 0 aliphatic carbocycles. The molecule has 1 aliphatic rings. The number of carbonyl (C=O) groups excluding carboxylic acids is 1. The van der Waals surface area contributed by atoms with E-state index in [0.29, 0.717) is 24.3 Å². The topological polar surface area (TPSA) is 79.2 Å². The molecule has 1 aromatic carbocycles. The summed E-state index contributed by atoms with van der Waals surface area (Å²) in [6.45, 7) is 1.12. The Hall–Kier alpha value is -3.48. The van der Waals surface area contributed by atoms with Crippen molar-refractivity contribution in [1.29, 1.82) is 0 Å². The number of aromatic nitrogens is 5. The summed E-state index contributed by atoms with van der Waals surface area (Å²) in [5.74, 6) is 0.0451. The van der Waals surface area contributed by atoms with Gasteiger partial charge >= 0.3 is 0 Å². The minimum atomic E-state index is -0.0170. The Balaban J connectivity index is 1.50. The second kappa shape index (κ2) is 5.80. The monoisotopic (exact) mass is 344 g/mol. The summed E-state index contributed by atoms with van der Waals surface area (Å²) in [5, 5.41) is 4.07. The zero-order valence-electron chi connectivity index (χ0n) is 13.9. The second-order valence-corrected chi connectivity index (χ2v) is 6.39. The van der Waals surface area contributed by atoms with Crippen LogP contribution in [0.2, 0.25) is 0 Å². The summed E-state index contributed by atoms with van der Waals surface area (Å²) in [6, 6.07) is 13.7. The number of hydrogen-bond acceptors (Lipinski definition) is 4. The fraction of sp³-hybridized carbons (Fsp3) is 0.158. The number of aromatic amines is 1. The van der Waals surface area contributed by atoms with Crippen LogP contribution in [0.15, 0.2) is 61.3 Å². The van der Waals surface area contributed by atoms with Crippen LogP contribution in [0.25, 0.3) is 5.65 Å². The number of nitrogens with zero attached hydrogens (tertiary/aromatic N) is 5. The number of pyridine rings is 1. The summed E-state index contributed by atoms with van der Waals surface area (Å²) < 4.78 is 1.65. The van der Waals surface area contributed by atoms with E-state index in [0.717, 1.165) is 17.0 Å². The Morgan fingerprint density at radius 1 is 1.15 bits per heavy atom. The van der Waals surface area contributed by atoms with Crippen molar-refractivity contribution in [2.45, 2.75) is 12.5 Å². The van der Waals surface area contributed by atoms with Crippen LogP contribution in [0.5, 0.6) is 0 Å². The molecule has 5 rings (SSSR count). The normalized spacial score (nSPS) is 16.6. The highest BCUT2D eigenvalue weighted by atomic mass is 16.2. The van der Waals surface area contributed by atoms with Gasteiger partial charge in [0.25, 0.3) is 5.91 Å². The molecule has 0 saturated carbocycles. The Morgan fingerprint density at radius 2 is 2.04 bits per heavy atom. The summed E-state index contributed by atoms with van der Waals surface area (Å²) in [4.78, 5) is 26.8. The van der Waals surface area contributed by atoms with E-state index in [1.807, 2.05) is 23.1 Å². The molecule has 7 nitrogen and oxygen atoms in total. The molecule has 4 heterocycles. The van der Waals surface area contributed by atoms with E-state index in [-0.39, 0.29) is 11.8 Å². The van der Waals surface area contributed by atoms with E-state index < -0.39 is 0 Å². The number of benzene rings is 1. The molecule has 0 fully saturated rings. The zero-order chi connectivity index (χ0) is 17.5. The van der Waals surface area contributed by atoms with Gasteiger partial charge in [0.05, 0.1) is 24.3 Å². The summed E-state index contributed by atoms with van der Waals surface area (Å²) in [7, 11) is 0. The first kappa shape index (κ1) is 14.8. The number of rotatable bonds is 2. The van der Waals surface area contributed by atoms with Crippen molar-refractivity contribution in [3.63, 3.8) is 0 Å². The van der Waals surface area contributed by atoms with E-state index in [1.165, 1.54) is 6.33 Å². The maximum atomic E-state index is 13.1. The average molecular weight is 344 g/mol. The van der Waals surface area contributed by atoms with Crippen LogP contribution >= 0.6 is 0 Å². The number of H-pyrrole nitrogens is 1. The van der Waals surface area contributed by atoms with E-state index in [1.54, 1.807) is 29.2 Å². The van der Waals surface area contributed by atoms with Gasteiger partial charge in [-0.3, -0.25) is 4.79 Å². The summed E-state index contributed by atoms with van der Waals surface area (Å²) in [6.07, 6.45) is 4.94. The van der Waals surface area contributed by atoms with Gasteiger partial charge in [0.2, 0.25) is 0 Å². The quantitative estimate of drug-likeness (QED) is 0.605. The smallest absolute Gasteiger partial charge is 0.254 e. The molecule has 128 valence electrons. The summed E-state index contributed by atoms with van der Waals surface area (Å²) in [5.41, 5.74) is 4.44. The van der Waals surface area contributed by atoms with Crippen LogP contribution in [0.3, 0.4) is 0 Å². The third-order valence-electron chi connectivity index (χ3n) is 4.85. The molecule has 4 aromatic rings. The standard InChI is InChI=1S/C19H16N6O/c26-19(14-6-7-25-17(8-14)21-12-23-25)24-9-15(13-4-2-1-3-5-13)18-16(10-24)20-11-22-18/h1-8,11-12,15H,9-10H2,(H,20,22). The molecule has 3 aromatic heterocycles. The van der Waals surface area contributed by atoms with Crippen molar-refractivity contribution in [2.24, 2.45) is 0 Å². The fourth-order valence-electron chi connectivity index (χ4n) is 3.56. The molecular formula is C19H16N6O. The van der Waals surface area contributed by atoms with Crippen molar-refractivity contribution >= 4 is 11.6 Å². The maximum absolute atomic E-state index is 13.1. The van der Waals surface area contributed by atoms with Crippen LogP contribution in [-0.4, -0.2) is 41.9 Å². The molecule has 0 radical (unpaired) electrons. The third kappa shape index (κ3) is 2.36. The van der Waals surface area contributed by atoms with Crippen LogP contribution in [0.4, 0.5) is 0 Å². The minimum absolute atomic E-state index is 0.0170. The zero-order valence-corrected chi connectivity index (χ0v) is 13.9. The van der Waals surface area contributed by atoms with Gasteiger partial charge in [0, 0.05) is 24.2 Å². The van der Waals surface area contributed by atoms with Gasteiger partial charge < -0.3 is 9.88 Å². The number of nitrogens with one attached hydrogen (secondary N) is 1. The molecular weight excluding hydrogens is 328 g/mol. The van der Waals surface area contributed by atoms with Gasteiger partial charge in [-0.2, -0.15) is 5.10 Å². The van der Waals surface area contributed by atoms with Crippen molar-refractivity contribution < 1.29 is 4.79 Å². The molecule has 0 bridgehead atoms. The van der Waals surface area contributed by atoms with Gasteiger partial charge in [0.1, 0.15) is 6.33 Å². The molecule has 1 N–H and O–H groups in total. The van der Waals surface area contributed by atoms with Crippen LogP contribution in [0.1, 0.15) is 33.2 Å². The van der Waals surface area contributed by atoms with Gasteiger partial charge in [-0.1, -0.05) is 30.3 Å². The number of hydrogen-bond donors (Lipinski definition) is 1. The van der Waals surface area contributed by atoms with E-state index in [4.69, 9.17) is 0 Å². The molecule has 1 atom stereocenters. The van der Waals surface area contributed by atoms with Gasteiger partial charge in [-0.05, 0) is 17.7 Å². The molecule has 26 heavy (non-hydrogen) atoms. The summed E-state index contributed by atoms with van der Waals surface area (Å²) >= 11 is 0. The largest absolute Gasteiger partial charge is 0.347 e. The first-order valence-corrected chi connectivity index (χ1v) is 8.45. The SMILES string of the molecule is O=C(c1ccn2ncnc2c1)N1Cc2[nH]cnc2C(c2ccccc2)C1. The predicted molar refractivity (Wildman–Crippen MR) is 94.6 cm³/mol. The van der Waals surface area contributed by atoms with Crippen LogP contribution in [0, 0.1) is 0 Å². The Kier molecular flexibility index (Phi) is 3.31. The lowest BCUT2D eigenvalue weighted by Gasteiger charge is -2.32. The first-order valence-electron chi connectivity index (χ1n) is 8.45. The average Bonchev–Trinajstić information content (AvgIpc) is 3.35. The fourth-order valence-corrected chi connectivity index (χ4v) is 3.56. The maximum Gasteiger partial charge on any atom is 0.254 e. The highest BCUT2D eigenvalue weighted by molar-refractivity contribution is 5.95. The Morgan fingerprint density at radius 3 is 2.92 bits per heavy atom. The Labute approximate surface area is 149 Å². The second-order valence-electron chi connectivity index (χ2n) is 6.39. The number of fused-ring (bicyclic) bond motifs is 2. The van der Waals surface area contributed by atoms with Gasteiger partial charge in [-0.15, -0.1) is 0 Å². The molecule has 1 unspecified atom stereocenters. The minimum Gasteiger partial charge on any atom is -0.347 e. The van der Waals surface area contributed by atoms with Crippen molar-refractivity contribution in [3.8, 4) is 0 Å². The number of carbonyl (C=O) groups is 1. The lowest BCUT2D eigenvalue weighted by atomic mass is 9.90. The molecule has 0 saturated heterocycles. The van der Waals surface area contributed by atoms with Crippen molar-refractivity contribution in [1.82, 2.24) is 29.5 Å².